The van der Waals surface area contributed by atoms with Crippen molar-refractivity contribution in [2.24, 2.45) is 5.92 Å². The standard InChI is InChI=1S/C22H26O3/c23-17-21(15-19-9-3-1-4-10-19)16-22(24)13-7-8-14-25-18-20-11-5-2-6-12-20/h1-6,9-12,17,21H,7-8,13-16,18H2. The van der Waals surface area contributed by atoms with E-state index in [0.717, 1.165) is 30.3 Å². The van der Waals surface area contributed by atoms with Crippen LogP contribution in [0.1, 0.15) is 36.8 Å². The van der Waals surface area contributed by atoms with Gasteiger partial charge in [-0.3, -0.25) is 4.79 Å². The van der Waals surface area contributed by atoms with Gasteiger partial charge in [-0.05, 0) is 30.4 Å². The summed E-state index contributed by atoms with van der Waals surface area (Å²) in [6.07, 6.45) is 4.08. The molecule has 0 bridgehead atoms. The number of carbonyl (C=O) groups excluding carboxylic acids is 2. The van der Waals surface area contributed by atoms with Crippen molar-refractivity contribution < 1.29 is 14.3 Å². The molecular weight excluding hydrogens is 312 g/mol. The quantitative estimate of drug-likeness (QED) is 0.426. The third kappa shape index (κ3) is 7.90. The summed E-state index contributed by atoms with van der Waals surface area (Å²) < 4.78 is 5.62. The molecule has 1 atom stereocenters. The molecule has 3 heteroatoms. The summed E-state index contributed by atoms with van der Waals surface area (Å²) in [7, 11) is 0. The Bertz CT molecular complexity index is 622. The molecule has 0 N–H and O–H groups in total. The van der Waals surface area contributed by atoms with Gasteiger partial charge in [-0.15, -0.1) is 0 Å². The van der Waals surface area contributed by atoms with Crippen molar-refractivity contribution >= 4 is 12.1 Å². The summed E-state index contributed by atoms with van der Waals surface area (Å²) in [5.74, 6) is -0.0553. The zero-order valence-electron chi connectivity index (χ0n) is 14.6. The summed E-state index contributed by atoms with van der Waals surface area (Å²) in [6.45, 7) is 1.27. The minimum atomic E-state index is -0.218. The van der Waals surface area contributed by atoms with Gasteiger partial charge in [-0.1, -0.05) is 60.7 Å². The van der Waals surface area contributed by atoms with Crippen LogP contribution in [0.4, 0.5) is 0 Å². The molecular formula is C22H26O3. The van der Waals surface area contributed by atoms with Crippen molar-refractivity contribution in [2.75, 3.05) is 6.61 Å². The zero-order chi connectivity index (χ0) is 17.7. The van der Waals surface area contributed by atoms with E-state index in [1.807, 2.05) is 60.7 Å². The van der Waals surface area contributed by atoms with Crippen LogP contribution in [0.5, 0.6) is 0 Å². The lowest BCUT2D eigenvalue weighted by atomic mass is 9.94. The summed E-state index contributed by atoms with van der Waals surface area (Å²) >= 11 is 0. The van der Waals surface area contributed by atoms with Crippen molar-refractivity contribution in [3.63, 3.8) is 0 Å². The number of ketones is 1. The highest BCUT2D eigenvalue weighted by Gasteiger charge is 2.13. The predicted octanol–water partition coefficient (Wildman–Crippen LogP) is 4.39. The molecule has 0 radical (unpaired) electrons. The first-order chi connectivity index (χ1) is 12.3. The molecule has 0 aliphatic heterocycles. The van der Waals surface area contributed by atoms with Gasteiger partial charge in [0.25, 0.3) is 0 Å². The molecule has 2 aromatic carbocycles. The van der Waals surface area contributed by atoms with E-state index in [9.17, 15) is 9.59 Å². The molecule has 0 spiro atoms. The van der Waals surface area contributed by atoms with Gasteiger partial charge in [-0.25, -0.2) is 0 Å². The second-order valence-electron chi connectivity index (χ2n) is 6.32. The molecule has 132 valence electrons. The monoisotopic (exact) mass is 338 g/mol. The highest BCUT2D eigenvalue weighted by Crippen LogP contribution is 2.13. The number of aldehydes is 1. The normalized spacial score (nSPS) is 11.8. The van der Waals surface area contributed by atoms with E-state index in [4.69, 9.17) is 4.74 Å². The smallest absolute Gasteiger partial charge is 0.133 e. The Labute approximate surface area is 150 Å². The van der Waals surface area contributed by atoms with Gasteiger partial charge < -0.3 is 9.53 Å². The van der Waals surface area contributed by atoms with Gasteiger partial charge in [0.15, 0.2) is 0 Å². The number of rotatable bonds is 12. The zero-order valence-corrected chi connectivity index (χ0v) is 14.6. The predicted molar refractivity (Wildman–Crippen MR) is 99.3 cm³/mol. The Hall–Kier alpha value is -2.26. The first kappa shape index (κ1) is 19.1. The van der Waals surface area contributed by atoms with Crippen LogP contribution in [0.3, 0.4) is 0 Å². The fourth-order valence-electron chi connectivity index (χ4n) is 2.77. The minimum absolute atomic E-state index is 0.163. The number of ether oxygens (including phenoxy) is 1. The second kappa shape index (κ2) is 11.3. The van der Waals surface area contributed by atoms with E-state index in [1.165, 1.54) is 0 Å². The van der Waals surface area contributed by atoms with Crippen LogP contribution in [0.2, 0.25) is 0 Å². The third-order valence-electron chi connectivity index (χ3n) is 4.13. The molecule has 0 saturated carbocycles. The molecule has 0 amide bonds. The molecule has 0 fully saturated rings. The average Bonchev–Trinajstić information content (AvgIpc) is 2.65. The first-order valence-electron chi connectivity index (χ1n) is 8.90. The Morgan fingerprint density at radius 1 is 0.920 bits per heavy atom. The molecule has 1 unspecified atom stereocenters. The maximum Gasteiger partial charge on any atom is 0.133 e. The lowest BCUT2D eigenvalue weighted by Gasteiger charge is -2.09. The fraction of sp³-hybridized carbons (Fsp3) is 0.364. The van der Waals surface area contributed by atoms with Gasteiger partial charge >= 0.3 is 0 Å². The molecule has 0 aliphatic rings. The summed E-state index contributed by atoms with van der Waals surface area (Å²) in [5.41, 5.74) is 2.26. The van der Waals surface area contributed by atoms with Crippen molar-refractivity contribution in [2.45, 2.75) is 38.7 Å². The van der Waals surface area contributed by atoms with E-state index < -0.39 is 0 Å². The van der Waals surface area contributed by atoms with Crippen molar-refractivity contribution in [1.82, 2.24) is 0 Å². The summed E-state index contributed by atoms with van der Waals surface area (Å²) in [6, 6.07) is 19.9. The van der Waals surface area contributed by atoms with Gasteiger partial charge in [-0.2, -0.15) is 0 Å². The Kier molecular flexibility index (Phi) is 8.64. The molecule has 0 saturated heterocycles. The van der Waals surface area contributed by atoms with Crippen LogP contribution in [0.25, 0.3) is 0 Å². The van der Waals surface area contributed by atoms with Crippen LogP contribution in [0, 0.1) is 5.92 Å². The second-order valence-corrected chi connectivity index (χ2v) is 6.32. The lowest BCUT2D eigenvalue weighted by molar-refractivity contribution is -0.122. The van der Waals surface area contributed by atoms with E-state index in [-0.39, 0.29) is 11.7 Å². The third-order valence-corrected chi connectivity index (χ3v) is 4.13. The SMILES string of the molecule is O=CC(CC(=O)CCCCOCc1ccccc1)Cc1ccccc1. The van der Waals surface area contributed by atoms with Crippen molar-refractivity contribution in [3.8, 4) is 0 Å². The van der Waals surface area contributed by atoms with Crippen LogP contribution in [-0.4, -0.2) is 18.7 Å². The van der Waals surface area contributed by atoms with E-state index in [0.29, 0.717) is 32.5 Å². The number of carbonyl (C=O) groups is 2. The highest BCUT2D eigenvalue weighted by molar-refractivity contribution is 5.81. The minimum Gasteiger partial charge on any atom is -0.377 e. The van der Waals surface area contributed by atoms with Crippen molar-refractivity contribution in [1.29, 1.82) is 0 Å². The van der Waals surface area contributed by atoms with Crippen LogP contribution in [0.15, 0.2) is 60.7 Å². The van der Waals surface area contributed by atoms with Crippen LogP contribution >= 0.6 is 0 Å². The molecule has 2 rings (SSSR count). The Morgan fingerprint density at radius 2 is 1.56 bits per heavy atom. The largest absolute Gasteiger partial charge is 0.377 e. The number of unbranched alkanes of at least 4 members (excludes halogenated alkanes) is 1. The van der Waals surface area contributed by atoms with Gasteiger partial charge in [0.2, 0.25) is 0 Å². The topological polar surface area (TPSA) is 43.4 Å². The van der Waals surface area contributed by atoms with E-state index in [1.54, 1.807) is 0 Å². The van der Waals surface area contributed by atoms with Crippen LogP contribution in [-0.2, 0) is 27.4 Å². The molecule has 0 aliphatic carbocycles. The summed E-state index contributed by atoms with van der Waals surface area (Å²) in [4.78, 5) is 23.3. The van der Waals surface area contributed by atoms with E-state index >= 15 is 0 Å². The first-order valence-corrected chi connectivity index (χ1v) is 8.90. The van der Waals surface area contributed by atoms with E-state index in [2.05, 4.69) is 0 Å². The number of hydrogen-bond acceptors (Lipinski definition) is 3. The number of benzene rings is 2. The Balaban J connectivity index is 1.57. The molecule has 2 aromatic rings. The van der Waals surface area contributed by atoms with Gasteiger partial charge in [0.1, 0.15) is 12.1 Å². The van der Waals surface area contributed by atoms with Gasteiger partial charge in [0.05, 0.1) is 6.61 Å². The van der Waals surface area contributed by atoms with Gasteiger partial charge in [0, 0.05) is 25.4 Å². The average molecular weight is 338 g/mol. The maximum atomic E-state index is 12.1. The summed E-state index contributed by atoms with van der Waals surface area (Å²) in [5, 5.41) is 0. The van der Waals surface area contributed by atoms with Crippen molar-refractivity contribution in [3.05, 3.63) is 71.8 Å². The molecule has 3 nitrogen and oxygen atoms in total. The molecule has 0 heterocycles. The molecule has 25 heavy (non-hydrogen) atoms. The maximum absolute atomic E-state index is 12.1. The number of hydrogen-bond donors (Lipinski definition) is 0. The van der Waals surface area contributed by atoms with Crippen LogP contribution < -0.4 is 0 Å². The Morgan fingerprint density at radius 3 is 2.20 bits per heavy atom. The molecule has 0 aromatic heterocycles. The highest BCUT2D eigenvalue weighted by atomic mass is 16.5. The lowest BCUT2D eigenvalue weighted by Crippen LogP contribution is -2.12. The number of Topliss-reactive ketones (excluding diaryl/α,β-unsaturated/α-hetero) is 1. The fourth-order valence-corrected chi connectivity index (χ4v) is 2.77.